The molecule has 0 amide bonds. The SMILES string of the molecule is CC.CC(=O)c1ccc(CN=[N+]=[N-])cn1.CCc1ccc(C#N)nc1.CCc1ccc(C(=O)O)nc1.N#Cc1ccc(C(=O)O)cn1. The lowest BCUT2D eigenvalue weighted by Gasteiger charge is -1.96. The lowest BCUT2D eigenvalue weighted by atomic mass is 10.2. The molecule has 0 spiro atoms. The summed E-state index contributed by atoms with van der Waals surface area (Å²) in [7, 11) is 0. The van der Waals surface area contributed by atoms with Crippen molar-refractivity contribution >= 4 is 17.7 Å². The molecule has 4 aromatic heterocycles. The summed E-state index contributed by atoms with van der Waals surface area (Å²) in [5.41, 5.74) is 12.4. The summed E-state index contributed by atoms with van der Waals surface area (Å²) in [6.07, 6.45) is 7.86. The minimum absolute atomic E-state index is 0.0738. The summed E-state index contributed by atoms with van der Waals surface area (Å²) in [5, 5.41) is 37.0. The van der Waals surface area contributed by atoms with Crippen LogP contribution in [0.1, 0.15) is 94.0 Å². The Bertz CT molecular complexity index is 1670. The molecule has 14 heteroatoms. The summed E-state index contributed by atoms with van der Waals surface area (Å²) in [6.45, 7) is 9.78. The van der Waals surface area contributed by atoms with Crippen LogP contribution >= 0.6 is 0 Å². The topological polar surface area (TPSA) is 240 Å². The smallest absolute Gasteiger partial charge is 0.354 e. The van der Waals surface area contributed by atoms with Gasteiger partial charge in [0, 0.05) is 36.6 Å². The molecule has 0 fully saturated rings. The van der Waals surface area contributed by atoms with Gasteiger partial charge in [0.1, 0.15) is 34.9 Å². The fraction of sp³-hybridized carbons (Fsp3) is 0.242. The third kappa shape index (κ3) is 16.8. The van der Waals surface area contributed by atoms with Gasteiger partial charge in [-0.25, -0.2) is 24.5 Å². The maximum Gasteiger partial charge on any atom is 0.354 e. The summed E-state index contributed by atoms with van der Waals surface area (Å²) in [5.74, 6) is -2.09. The molecule has 0 unspecified atom stereocenters. The van der Waals surface area contributed by atoms with E-state index in [1.807, 2.05) is 32.9 Å². The third-order valence-electron chi connectivity index (χ3n) is 5.43. The molecule has 0 saturated heterocycles. The molecule has 0 bridgehead atoms. The molecule has 14 nitrogen and oxygen atoms in total. The Morgan fingerprint density at radius 2 is 1.19 bits per heavy atom. The number of rotatable bonds is 7. The Labute approximate surface area is 272 Å². The molecular weight excluding hydrogens is 602 g/mol. The Kier molecular flexibility index (Phi) is 20.6. The fourth-order valence-electron chi connectivity index (χ4n) is 2.89. The van der Waals surface area contributed by atoms with E-state index >= 15 is 0 Å². The van der Waals surface area contributed by atoms with Crippen LogP contribution in [-0.2, 0) is 19.4 Å². The van der Waals surface area contributed by atoms with Gasteiger partial charge in [-0.1, -0.05) is 51.0 Å². The van der Waals surface area contributed by atoms with Crippen LogP contribution in [0.25, 0.3) is 10.4 Å². The highest BCUT2D eigenvalue weighted by Gasteiger charge is 2.02. The number of carbonyl (C=O) groups is 3. The zero-order valence-corrected chi connectivity index (χ0v) is 26.7. The summed E-state index contributed by atoms with van der Waals surface area (Å²) in [4.78, 5) is 49.2. The van der Waals surface area contributed by atoms with Gasteiger partial charge in [0.25, 0.3) is 0 Å². The van der Waals surface area contributed by atoms with Crippen LogP contribution < -0.4 is 0 Å². The van der Waals surface area contributed by atoms with Gasteiger partial charge in [0.15, 0.2) is 5.78 Å². The molecule has 0 atom stereocenters. The van der Waals surface area contributed by atoms with Crippen molar-refractivity contribution in [3.63, 3.8) is 0 Å². The van der Waals surface area contributed by atoms with E-state index in [0.29, 0.717) is 11.4 Å². The fourth-order valence-corrected chi connectivity index (χ4v) is 2.89. The van der Waals surface area contributed by atoms with E-state index in [1.165, 1.54) is 36.9 Å². The molecule has 0 saturated carbocycles. The van der Waals surface area contributed by atoms with Gasteiger partial charge in [-0.2, -0.15) is 10.5 Å². The highest BCUT2D eigenvalue weighted by molar-refractivity contribution is 5.92. The van der Waals surface area contributed by atoms with Crippen molar-refractivity contribution in [1.82, 2.24) is 19.9 Å². The first-order chi connectivity index (χ1) is 22.6. The van der Waals surface area contributed by atoms with Crippen LogP contribution in [0.15, 0.2) is 78.4 Å². The number of azide groups is 1. The van der Waals surface area contributed by atoms with Crippen molar-refractivity contribution in [3.8, 4) is 12.1 Å². The number of pyridine rings is 4. The zero-order chi connectivity index (χ0) is 35.6. The van der Waals surface area contributed by atoms with Crippen molar-refractivity contribution in [2.24, 2.45) is 5.11 Å². The van der Waals surface area contributed by atoms with Crippen molar-refractivity contribution in [2.45, 2.75) is 54.0 Å². The molecule has 47 heavy (non-hydrogen) atoms. The first-order valence-electron chi connectivity index (χ1n) is 14.2. The number of nitrogens with zero attached hydrogens (tertiary/aromatic N) is 9. The predicted octanol–water partition coefficient (Wildman–Crippen LogP) is 6.63. The Hall–Kier alpha value is -6.50. The molecular formula is C33H35N9O5. The molecule has 4 aromatic rings. The minimum atomic E-state index is -1.04. The second kappa shape index (κ2) is 23.9. The van der Waals surface area contributed by atoms with Crippen LogP contribution in [0.4, 0.5) is 0 Å². The van der Waals surface area contributed by atoms with Crippen LogP contribution in [-0.4, -0.2) is 47.9 Å². The molecule has 0 aliphatic carbocycles. The Morgan fingerprint density at radius 3 is 1.53 bits per heavy atom. The van der Waals surface area contributed by atoms with Crippen LogP contribution in [0.3, 0.4) is 0 Å². The average Bonchev–Trinajstić information content (AvgIpc) is 3.12. The highest BCUT2D eigenvalue weighted by atomic mass is 16.4. The van der Waals surface area contributed by atoms with E-state index in [1.54, 1.807) is 42.7 Å². The van der Waals surface area contributed by atoms with Crippen LogP contribution in [0.2, 0.25) is 0 Å². The molecule has 0 aromatic carbocycles. The van der Waals surface area contributed by atoms with E-state index in [9.17, 15) is 14.4 Å². The minimum Gasteiger partial charge on any atom is -0.478 e. The molecule has 4 heterocycles. The maximum atomic E-state index is 10.8. The van der Waals surface area contributed by atoms with Crippen molar-refractivity contribution in [2.75, 3.05) is 0 Å². The van der Waals surface area contributed by atoms with Gasteiger partial charge >= 0.3 is 11.9 Å². The van der Waals surface area contributed by atoms with Crippen LogP contribution in [0.5, 0.6) is 0 Å². The monoisotopic (exact) mass is 637 g/mol. The van der Waals surface area contributed by atoms with Crippen molar-refractivity contribution in [3.05, 3.63) is 129 Å². The van der Waals surface area contributed by atoms with Crippen LogP contribution in [0, 0.1) is 22.7 Å². The summed E-state index contributed by atoms with van der Waals surface area (Å²) < 4.78 is 0. The van der Waals surface area contributed by atoms with Gasteiger partial charge in [-0.05, 0) is 65.4 Å². The Balaban J connectivity index is 0.000000592. The van der Waals surface area contributed by atoms with E-state index in [2.05, 4.69) is 36.9 Å². The lowest BCUT2D eigenvalue weighted by Crippen LogP contribution is -1.99. The number of hydrogen-bond acceptors (Lipinski definition) is 10. The number of Topliss-reactive ketones (excluding diaryl/α,β-unsaturated/α-hetero) is 1. The second-order valence-electron chi connectivity index (χ2n) is 8.57. The number of hydrogen-bond donors (Lipinski definition) is 2. The normalized spacial score (nSPS) is 8.74. The number of aromatic carboxylic acids is 2. The van der Waals surface area contributed by atoms with Crippen molar-refractivity contribution in [1.29, 1.82) is 10.5 Å². The molecule has 2 N–H and O–H groups in total. The Morgan fingerprint density at radius 1 is 0.723 bits per heavy atom. The zero-order valence-electron chi connectivity index (χ0n) is 26.7. The van der Waals surface area contributed by atoms with Gasteiger partial charge in [0.05, 0.1) is 12.1 Å². The summed E-state index contributed by atoms with van der Waals surface area (Å²) >= 11 is 0. The first-order valence-corrected chi connectivity index (χ1v) is 14.2. The number of carboxylic acid groups (broad SMARTS) is 2. The highest BCUT2D eigenvalue weighted by Crippen LogP contribution is 2.03. The van der Waals surface area contributed by atoms with Gasteiger partial charge in [-0.3, -0.25) is 9.78 Å². The number of nitriles is 2. The lowest BCUT2D eigenvalue weighted by molar-refractivity contribution is 0.0682. The molecule has 242 valence electrons. The predicted molar refractivity (Wildman–Crippen MR) is 173 cm³/mol. The van der Waals surface area contributed by atoms with E-state index in [0.717, 1.165) is 30.2 Å². The largest absolute Gasteiger partial charge is 0.478 e. The molecule has 4 rings (SSSR count). The summed E-state index contributed by atoms with van der Waals surface area (Å²) in [6, 6.07) is 16.7. The van der Waals surface area contributed by atoms with E-state index in [-0.39, 0.29) is 29.3 Å². The average molecular weight is 638 g/mol. The second-order valence-corrected chi connectivity index (χ2v) is 8.57. The maximum absolute atomic E-state index is 10.8. The first kappa shape index (κ1) is 40.5. The number of aryl methyl sites for hydroxylation is 2. The quantitative estimate of drug-likeness (QED) is 0.0942. The molecule has 0 aliphatic rings. The number of aromatic nitrogens is 4. The van der Waals surface area contributed by atoms with E-state index in [4.69, 9.17) is 26.3 Å². The van der Waals surface area contributed by atoms with Gasteiger partial charge in [-0.15, -0.1) is 0 Å². The molecule has 0 aliphatic heterocycles. The molecule has 0 radical (unpaired) electrons. The van der Waals surface area contributed by atoms with E-state index < -0.39 is 11.9 Å². The number of ketones is 1. The van der Waals surface area contributed by atoms with Gasteiger partial charge < -0.3 is 10.2 Å². The number of carbonyl (C=O) groups excluding carboxylic acids is 1. The third-order valence-corrected chi connectivity index (χ3v) is 5.43. The standard InChI is InChI=1S/C8H8N4O.C8H8N2.C8H9NO2.C7H4N2O2.C2H6/c1-6(13)8-3-2-7(4-10-8)5-11-12-9;1-2-7-3-4-8(5-9)10-6-7;1-2-6-3-4-7(8(10)11)9-5-6;8-3-6-2-1-5(4-9-6)7(10)11;1-2/h2-4H,5H2,1H3;3-4,6H,2H2,1H3;3-5H,2H2,1H3,(H,10,11);1-2,4H,(H,10,11);1-2H3. The number of carboxylic acids is 2. The van der Waals surface area contributed by atoms with Crippen molar-refractivity contribution < 1.29 is 24.6 Å². The van der Waals surface area contributed by atoms with Gasteiger partial charge in [0.2, 0.25) is 0 Å².